The molecule has 0 unspecified atom stereocenters. The lowest BCUT2D eigenvalue weighted by molar-refractivity contribution is -0.113. The number of hydrogen-bond acceptors (Lipinski definition) is 4. The summed E-state index contributed by atoms with van der Waals surface area (Å²) >= 11 is 3.15. The lowest BCUT2D eigenvalue weighted by Gasteiger charge is -2.24. The molecule has 0 radical (unpaired) electrons. The number of nitrogens with one attached hydrogen (secondary N) is 1. The molecule has 0 fully saturated rings. The number of nitrogens with zero attached hydrogens (tertiary/aromatic N) is 2. The SMILES string of the molecule is CCN(CC)C1=CCC(=Nc2c(O)cc(NC(=O)CBr)c3ccccc23)C=C1. The van der Waals surface area contributed by atoms with Crippen LogP contribution >= 0.6 is 15.9 Å². The Labute approximate surface area is 173 Å². The number of rotatable bonds is 6. The van der Waals surface area contributed by atoms with Crippen molar-refractivity contribution >= 4 is 49.7 Å². The van der Waals surface area contributed by atoms with Crippen LogP contribution in [0.2, 0.25) is 0 Å². The van der Waals surface area contributed by atoms with Gasteiger partial charge in [-0.2, -0.15) is 0 Å². The zero-order valence-electron chi connectivity index (χ0n) is 16.1. The van der Waals surface area contributed by atoms with E-state index in [1.165, 1.54) is 5.70 Å². The predicted molar refractivity (Wildman–Crippen MR) is 120 cm³/mol. The van der Waals surface area contributed by atoms with Crippen LogP contribution in [0.1, 0.15) is 20.3 Å². The first-order chi connectivity index (χ1) is 13.6. The van der Waals surface area contributed by atoms with Crippen molar-refractivity contribution in [2.24, 2.45) is 4.99 Å². The maximum atomic E-state index is 11.8. The van der Waals surface area contributed by atoms with Crippen molar-refractivity contribution in [1.29, 1.82) is 0 Å². The highest BCUT2D eigenvalue weighted by Crippen LogP contribution is 2.40. The summed E-state index contributed by atoms with van der Waals surface area (Å²) in [6, 6.07) is 9.18. The van der Waals surface area contributed by atoms with Crippen molar-refractivity contribution in [3.63, 3.8) is 0 Å². The normalized spacial score (nSPS) is 15.0. The quantitative estimate of drug-likeness (QED) is 0.610. The molecule has 0 bridgehead atoms. The van der Waals surface area contributed by atoms with Gasteiger partial charge in [0.2, 0.25) is 5.91 Å². The number of benzene rings is 2. The summed E-state index contributed by atoms with van der Waals surface area (Å²) in [5.41, 5.74) is 3.18. The van der Waals surface area contributed by atoms with Crippen LogP contribution < -0.4 is 5.32 Å². The van der Waals surface area contributed by atoms with E-state index in [0.29, 0.717) is 17.8 Å². The van der Waals surface area contributed by atoms with E-state index in [-0.39, 0.29) is 17.0 Å². The zero-order valence-corrected chi connectivity index (χ0v) is 17.7. The Balaban J connectivity index is 1.98. The number of anilines is 1. The van der Waals surface area contributed by atoms with Gasteiger partial charge in [-0.15, -0.1) is 0 Å². The number of alkyl halides is 1. The number of hydrogen-bond donors (Lipinski definition) is 2. The fourth-order valence-electron chi connectivity index (χ4n) is 3.33. The third kappa shape index (κ3) is 4.28. The van der Waals surface area contributed by atoms with Crippen LogP contribution in [0.5, 0.6) is 5.75 Å². The second kappa shape index (κ2) is 9.06. The number of fused-ring (bicyclic) bond motifs is 1. The van der Waals surface area contributed by atoms with Crippen molar-refractivity contribution in [1.82, 2.24) is 4.90 Å². The minimum Gasteiger partial charge on any atom is -0.506 e. The molecule has 0 saturated carbocycles. The largest absolute Gasteiger partial charge is 0.506 e. The molecular formula is C22H24BrN3O2. The first kappa shape index (κ1) is 20.1. The van der Waals surface area contributed by atoms with Gasteiger partial charge in [0.05, 0.1) is 11.0 Å². The number of amides is 1. The summed E-state index contributed by atoms with van der Waals surface area (Å²) in [5, 5.41) is 15.2. The molecule has 28 heavy (non-hydrogen) atoms. The van der Waals surface area contributed by atoms with Gasteiger partial charge in [-0.25, -0.2) is 4.99 Å². The molecule has 0 heterocycles. The van der Waals surface area contributed by atoms with Crippen molar-refractivity contribution in [3.05, 3.63) is 54.3 Å². The first-order valence-electron chi connectivity index (χ1n) is 9.38. The molecule has 0 atom stereocenters. The van der Waals surface area contributed by atoms with Gasteiger partial charge in [0.25, 0.3) is 0 Å². The molecule has 2 N–H and O–H groups in total. The average Bonchev–Trinajstić information content (AvgIpc) is 2.72. The molecule has 1 aliphatic rings. The highest BCUT2D eigenvalue weighted by Gasteiger charge is 2.14. The highest BCUT2D eigenvalue weighted by atomic mass is 79.9. The number of phenols is 1. The van der Waals surface area contributed by atoms with E-state index < -0.39 is 0 Å². The van der Waals surface area contributed by atoms with E-state index in [9.17, 15) is 9.90 Å². The molecular weight excluding hydrogens is 418 g/mol. The molecule has 146 valence electrons. The lowest BCUT2D eigenvalue weighted by atomic mass is 10.0. The van der Waals surface area contributed by atoms with E-state index in [1.54, 1.807) is 6.07 Å². The molecule has 3 rings (SSSR count). The number of likely N-dealkylation sites (N-methyl/N-ethyl adjacent to an activating group) is 1. The Bertz CT molecular complexity index is 975. The van der Waals surface area contributed by atoms with Gasteiger partial charge in [0.1, 0.15) is 11.4 Å². The van der Waals surface area contributed by atoms with Gasteiger partial charge in [-0.1, -0.05) is 46.3 Å². The van der Waals surface area contributed by atoms with Gasteiger partial charge >= 0.3 is 0 Å². The van der Waals surface area contributed by atoms with Crippen molar-refractivity contribution in [2.75, 3.05) is 23.7 Å². The van der Waals surface area contributed by atoms with E-state index in [1.807, 2.05) is 30.3 Å². The van der Waals surface area contributed by atoms with Crippen LogP contribution in [-0.4, -0.2) is 40.0 Å². The molecule has 0 aliphatic heterocycles. The van der Waals surface area contributed by atoms with Gasteiger partial charge in [-0.05, 0) is 26.0 Å². The lowest BCUT2D eigenvalue weighted by Crippen LogP contribution is -2.22. The Morgan fingerprint density at radius 3 is 2.54 bits per heavy atom. The number of aliphatic imine (C=N–C) groups is 1. The number of aromatic hydroxyl groups is 1. The maximum absolute atomic E-state index is 11.8. The second-order valence-corrected chi connectivity index (χ2v) is 7.02. The second-order valence-electron chi connectivity index (χ2n) is 6.46. The fourth-order valence-corrected chi connectivity index (χ4v) is 3.47. The van der Waals surface area contributed by atoms with Crippen LogP contribution in [0.4, 0.5) is 11.4 Å². The third-order valence-corrected chi connectivity index (χ3v) is 5.25. The average molecular weight is 442 g/mol. The van der Waals surface area contributed by atoms with Crippen LogP contribution in [0.25, 0.3) is 10.8 Å². The number of phenolic OH excluding ortho intramolecular Hbond substituents is 1. The predicted octanol–water partition coefficient (Wildman–Crippen LogP) is 5.14. The minimum atomic E-state index is -0.173. The fraction of sp³-hybridized carbons (Fsp3) is 0.273. The first-order valence-corrected chi connectivity index (χ1v) is 10.5. The summed E-state index contributed by atoms with van der Waals surface area (Å²) in [6.07, 6.45) is 6.94. The Morgan fingerprint density at radius 2 is 1.93 bits per heavy atom. The Morgan fingerprint density at radius 1 is 1.21 bits per heavy atom. The number of carbonyl (C=O) groups excluding carboxylic acids is 1. The molecule has 0 spiro atoms. The number of halogens is 1. The topological polar surface area (TPSA) is 64.9 Å². The van der Waals surface area contributed by atoms with Crippen molar-refractivity contribution < 1.29 is 9.90 Å². The zero-order chi connectivity index (χ0) is 20.1. The molecule has 2 aromatic carbocycles. The molecule has 1 aliphatic carbocycles. The summed E-state index contributed by atoms with van der Waals surface area (Å²) in [4.78, 5) is 18.8. The Hall–Kier alpha value is -2.60. The molecule has 6 heteroatoms. The maximum Gasteiger partial charge on any atom is 0.235 e. The smallest absolute Gasteiger partial charge is 0.235 e. The van der Waals surface area contributed by atoms with E-state index in [2.05, 4.69) is 52.1 Å². The summed E-state index contributed by atoms with van der Waals surface area (Å²) in [6.45, 7) is 6.21. The summed E-state index contributed by atoms with van der Waals surface area (Å²) in [7, 11) is 0. The van der Waals surface area contributed by atoms with E-state index in [0.717, 1.165) is 29.6 Å². The van der Waals surface area contributed by atoms with Crippen molar-refractivity contribution in [3.8, 4) is 5.75 Å². The summed E-state index contributed by atoms with van der Waals surface area (Å²) < 4.78 is 0. The molecule has 5 nitrogen and oxygen atoms in total. The number of allylic oxidation sites excluding steroid dienone is 3. The van der Waals surface area contributed by atoms with Crippen LogP contribution in [0.3, 0.4) is 0 Å². The molecule has 0 saturated heterocycles. The van der Waals surface area contributed by atoms with Gasteiger partial charge < -0.3 is 15.3 Å². The minimum absolute atomic E-state index is 0.0444. The standard InChI is InChI=1S/C22H24BrN3O2/c1-3-26(4-2)16-11-9-15(10-12-16)24-22-18-8-6-5-7-17(18)19(13-20(22)27)25-21(28)14-23/h5-9,11-13,27H,3-4,10,14H2,1-2H3,(H,25,28). The van der Waals surface area contributed by atoms with Gasteiger partial charge in [0, 0.05) is 47.8 Å². The molecule has 1 amide bonds. The monoisotopic (exact) mass is 441 g/mol. The van der Waals surface area contributed by atoms with E-state index >= 15 is 0 Å². The highest BCUT2D eigenvalue weighted by molar-refractivity contribution is 9.09. The molecule has 2 aromatic rings. The van der Waals surface area contributed by atoms with Crippen molar-refractivity contribution in [2.45, 2.75) is 20.3 Å². The summed E-state index contributed by atoms with van der Waals surface area (Å²) in [5.74, 6) is -0.129. The third-order valence-electron chi connectivity index (χ3n) is 4.74. The Kier molecular flexibility index (Phi) is 6.52. The van der Waals surface area contributed by atoms with Crippen LogP contribution in [-0.2, 0) is 4.79 Å². The van der Waals surface area contributed by atoms with Crippen LogP contribution in [0, 0.1) is 0 Å². The van der Waals surface area contributed by atoms with E-state index in [4.69, 9.17) is 4.99 Å². The molecule has 0 aromatic heterocycles. The van der Waals surface area contributed by atoms with Gasteiger partial charge in [-0.3, -0.25) is 4.79 Å². The van der Waals surface area contributed by atoms with Crippen LogP contribution in [0.15, 0.2) is 59.2 Å². The number of carbonyl (C=O) groups is 1. The van der Waals surface area contributed by atoms with Gasteiger partial charge in [0.15, 0.2) is 0 Å².